The van der Waals surface area contributed by atoms with Gasteiger partial charge in [0, 0.05) is 22.7 Å². The zero-order chi connectivity index (χ0) is 21.3. The number of aryl methyl sites for hydroxylation is 1. The van der Waals surface area contributed by atoms with Gasteiger partial charge in [-0.15, -0.1) is 0 Å². The summed E-state index contributed by atoms with van der Waals surface area (Å²) in [6.07, 6.45) is 2.24. The number of hydrogen-bond donors (Lipinski definition) is 1. The Morgan fingerprint density at radius 3 is 2.60 bits per heavy atom. The van der Waals surface area contributed by atoms with Crippen LogP contribution in [-0.2, 0) is 0 Å². The van der Waals surface area contributed by atoms with Crippen LogP contribution in [0.15, 0.2) is 51.7 Å². The van der Waals surface area contributed by atoms with Gasteiger partial charge >= 0.3 is 0 Å². The second-order valence-corrected chi connectivity index (χ2v) is 8.38. The summed E-state index contributed by atoms with van der Waals surface area (Å²) in [5, 5.41) is 4.44. The molecule has 2 heterocycles. The highest BCUT2D eigenvalue weighted by molar-refractivity contribution is 6.32. The lowest BCUT2D eigenvalue weighted by Crippen LogP contribution is -2.37. The zero-order valence-electron chi connectivity index (χ0n) is 16.6. The van der Waals surface area contributed by atoms with Crippen molar-refractivity contribution < 1.29 is 9.21 Å². The second kappa shape index (κ2) is 8.80. The Balaban J connectivity index is 1.58. The van der Waals surface area contributed by atoms with E-state index in [2.05, 4.69) is 10.2 Å². The molecule has 156 valence electrons. The van der Waals surface area contributed by atoms with Crippen LogP contribution in [0.2, 0.25) is 10.0 Å². The number of fused-ring (bicyclic) bond motifs is 1. The van der Waals surface area contributed by atoms with Crippen molar-refractivity contribution in [2.24, 2.45) is 0 Å². The lowest BCUT2D eigenvalue weighted by atomic mass is 10.1. The molecule has 0 bridgehead atoms. The number of amides is 1. The molecular formula is C23H22Cl2N2O3. The summed E-state index contributed by atoms with van der Waals surface area (Å²) in [6.45, 7) is 4.09. The molecule has 2 aromatic carbocycles. The standard InChI is InChI=1S/C23H22Cl2N2O3/c1-14-10-21-16(11-18(14)25)20(28)12-22(30-21)23(29)26-13-19(27-8-4-5-9-27)15-6-2-3-7-17(15)24/h2-3,6-7,10-12,19H,4-5,8-9,13H2,1H3,(H,26,29)/t19-/m0/s1. The first-order chi connectivity index (χ1) is 14.4. The van der Waals surface area contributed by atoms with Gasteiger partial charge in [-0.3, -0.25) is 14.5 Å². The van der Waals surface area contributed by atoms with Gasteiger partial charge in [-0.25, -0.2) is 0 Å². The van der Waals surface area contributed by atoms with Gasteiger partial charge in [-0.2, -0.15) is 0 Å². The largest absolute Gasteiger partial charge is 0.451 e. The maximum absolute atomic E-state index is 12.8. The second-order valence-electron chi connectivity index (χ2n) is 7.56. The fraction of sp³-hybridized carbons (Fsp3) is 0.304. The summed E-state index contributed by atoms with van der Waals surface area (Å²) in [5.74, 6) is -0.452. The van der Waals surface area contributed by atoms with Gasteiger partial charge in [-0.05, 0) is 62.2 Å². The molecule has 3 aromatic rings. The Hall–Kier alpha value is -2.34. The van der Waals surface area contributed by atoms with Crippen LogP contribution in [0.5, 0.6) is 0 Å². The fourth-order valence-corrected chi connectivity index (χ4v) is 4.32. The number of halogens is 2. The first-order valence-corrected chi connectivity index (χ1v) is 10.7. The summed E-state index contributed by atoms with van der Waals surface area (Å²) in [4.78, 5) is 27.6. The van der Waals surface area contributed by atoms with Crippen LogP contribution in [0.25, 0.3) is 11.0 Å². The van der Waals surface area contributed by atoms with Gasteiger partial charge in [0.2, 0.25) is 0 Å². The highest BCUT2D eigenvalue weighted by Crippen LogP contribution is 2.30. The maximum atomic E-state index is 12.8. The third kappa shape index (κ3) is 4.24. The van der Waals surface area contributed by atoms with Crippen LogP contribution in [-0.4, -0.2) is 30.4 Å². The van der Waals surface area contributed by atoms with Gasteiger partial charge in [-0.1, -0.05) is 41.4 Å². The summed E-state index contributed by atoms with van der Waals surface area (Å²) < 4.78 is 5.72. The molecule has 5 nitrogen and oxygen atoms in total. The first-order valence-electron chi connectivity index (χ1n) is 9.94. The molecule has 1 aliphatic heterocycles. The van der Waals surface area contributed by atoms with Crippen LogP contribution >= 0.6 is 23.2 Å². The van der Waals surface area contributed by atoms with Crippen molar-refractivity contribution in [2.45, 2.75) is 25.8 Å². The average Bonchev–Trinajstić information content (AvgIpc) is 3.25. The molecule has 1 fully saturated rings. The van der Waals surface area contributed by atoms with Crippen molar-refractivity contribution >= 4 is 40.1 Å². The Bertz CT molecular complexity index is 1150. The smallest absolute Gasteiger partial charge is 0.287 e. The molecule has 1 atom stereocenters. The van der Waals surface area contributed by atoms with Crippen LogP contribution in [0.1, 0.15) is 40.6 Å². The Kier molecular flexibility index (Phi) is 6.14. The van der Waals surface area contributed by atoms with E-state index in [1.165, 1.54) is 6.07 Å². The van der Waals surface area contributed by atoms with Crippen LogP contribution < -0.4 is 10.7 Å². The number of carbonyl (C=O) groups excluding carboxylic acids is 1. The molecule has 4 rings (SSSR count). The van der Waals surface area contributed by atoms with E-state index in [1.807, 2.05) is 31.2 Å². The van der Waals surface area contributed by atoms with E-state index in [1.54, 1.807) is 12.1 Å². The monoisotopic (exact) mass is 444 g/mol. The summed E-state index contributed by atoms with van der Waals surface area (Å²) in [6, 6.07) is 12.1. The molecule has 1 saturated heterocycles. The van der Waals surface area contributed by atoms with E-state index in [-0.39, 0.29) is 17.2 Å². The number of hydrogen-bond acceptors (Lipinski definition) is 4. The quantitative estimate of drug-likeness (QED) is 0.602. The van der Waals surface area contributed by atoms with Crippen molar-refractivity contribution in [1.82, 2.24) is 10.2 Å². The third-order valence-corrected chi connectivity index (χ3v) is 6.29. The van der Waals surface area contributed by atoms with E-state index in [4.69, 9.17) is 27.6 Å². The molecule has 0 unspecified atom stereocenters. The van der Waals surface area contributed by atoms with E-state index in [0.717, 1.165) is 37.1 Å². The molecule has 0 saturated carbocycles. The number of nitrogens with zero attached hydrogens (tertiary/aromatic N) is 1. The normalized spacial score (nSPS) is 15.4. The summed E-state index contributed by atoms with van der Waals surface area (Å²) >= 11 is 12.5. The lowest BCUT2D eigenvalue weighted by Gasteiger charge is -2.28. The minimum Gasteiger partial charge on any atom is -0.451 e. The van der Waals surface area contributed by atoms with Gasteiger partial charge in [0.25, 0.3) is 5.91 Å². The first kappa shape index (κ1) is 20.9. The maximum Gasteiger partial charge on any atom is 0.287 e. The molecule has 1 aliphatic rings. The van der Waals surface area contributed by atoms with Gasteiger partial charge < -0.3 is 9.73 Å². The molecular weight excluding hydrogens is 423 g/mol. The van der Waals surface area contributed by atoms with Gasteiger partial charge in [0.1, 0.15) is 5.58 Å². The SMILES string of the molecule is Cc1cc2oc(C(=O)NC[C@@H](c3ccccc3Cl)N3CCCC3)cc(=O)c2cc1Cl. The average molecular weight is 445 g/mol. The molecule has 30 heavy (non-hydrogen) atoms. The van der Waals surface area contributed by atoms with Crippen molar-refractivity contribution in [2.75, 3.05) is 19.6 Å². The van der Waals surface area contributed by atoms with Crippen molar-refractivity contribution in [3.05, 3.63) is 79.6 Å². The molecule has 0 radical (unpaired) electrons. The Labute approximate surface area is 184 Å². The predicted molar refractivity (Wildman–Crippen MR) is 120 cm³/mol. The number of nitrogens with one attached hydrogen (secondary N) is 1. The van der Waals surface area contributed by atoms with E-state index < -0.39 is 5.91 Å². The van der Waals surface area contributed by atoms with Gasteiger partial charge in [0.05, 0.1) is 11.4 Å². The molecule has 1 aromatic heterocycles. The van der Waals surface area contributed by atoms with Crippen LogP contribution in [0.3, 0.4) is 0 Å². The fourth-order valence-electron chi connectivity index (χ4n) is 3.90. The highest BCUT2D eigenvalue weighted by Gasteiger charge is 2.26. The molecule has 7 heteroatoms. The van der Waals surface area contributed by atoms with Crippen molar-refractivity contribution in [3.8, 4) is 0 Å². The minimum absolute atomic E-state index is 0.0199. The molecule has 1 N–H and O–H groups in total. The van der Waals surface area contributed by atoms with E-state index >= 15 is 0 Å². The number of likely N-dealkylation sites (tertiary alicyclic amines) is 1. The molecule has 1 amide bonds. The Morgan fingerprint density at radius 1 is 1.13 bits per heavy atom. The lowest BCUT2D eigenvalue weighted by molar-refractivity contribution is 0.0910. The molecule has 0 spiro atoms. The summed E-state index contributed by atoms with van der Waals surface area (Å²) in [7, 11) is 0. The third-order valence-electron chi connectivity index (χ3n) is 5.53. The van der Waals surface area contributed by atoms with Crippen molar-refractivity contribution in [1.29, 1.82) is 0 Å². The topological polar surface area (TPSA) is 62.6 Å². The number of rotatable bonds is 5. The number of benzene rings is 2. The summed E-state index contributed by atoms with van der Waals surface area (Å²) in [5.41, 5.74) is 1.80. The van der Waals surface area contributed by atoms with Crippen molar-refractivity contribution in [3.63, 3.8) is 0 Å². The predicted octanol–water partition coefficient (Wildman–Crippen LogP) is 4.98. The van der Waals surface area contributed by atoms with E-state index in [9.17, 15) is 9.59 Å². The number of carbonyl (C=O) groups is 1. The van der Waals surface area contributed by atoms with E-state index in [0.29, 0.717) is 27.6 Å². The van der Waals surface area contributed by atoms with Gasteiger partial charge in [0.15, 0.2) is 11.2 Å². The highest BCUT2D eigenvalue weighted by atomic mass is 35.5. The zero-order valence-corrected chi connectivity index (χ0v) is 18.1. The van der Waals surface area contributed by atoms with Crippen LogP contribution in [0, 0.1) is 6.92 Å². The minimum atomic E-state index is -0.433. The van der Waals surface area contributed by atoms with Crippen LogP contribution in [0.4, 0.5) is 0 Å². The Morgan fingerprint density at radius 2 is 1.87 bits per heavy atom. The molecule has 0 aliphatic carbocycles.